The van der Waals surface area contributed by atoms with Gasteiger partial charge in [0.05, 0.1) is 5.69 Å². The summed E-state index contributed by atoms with van der Waals surface area (Å²) in [7, 11) is 0. The Morgan fingerprint density at radius 3 is 3.00 bits per heavy atom. The topological polar surface area (TPSA) is 30.9 Å². The van der Waals surface area contributed by atoms with Crippen molar-refractivity contribution >= 4 is 27.5 Å². The van der Waals surface area contributed by atoms with Gasteiger partial charge in [-0.2, -0.15) is 0 Å². The van der Waals surface area contributed by atoms with Gasteiger partial charge in [0.25, 0.3) is 0 Å². The van der Waals surface area contributed by atoms with Crippen LogP contribution in [0.2, 0.25) is 5.02 Å². The molecule has 0 fully saturated rings. The minimum atomic E-state index is 0.174. The number of aromatic nitrogens is 1. The average Bonchev–Trinajstić information content (AvgIpc) is 2.77. The van der Waals surface area contributed by atoms with Gasteiger partial charge in [-0.05, 0) is 65.0 Å². The van der Waals surface area contributed by atoms with Crippen LogP contribution in [0.3, 0.4) is 0 Å². The van der Waals surface area contributed by atoms with Gasteiger partial charge in [0.15, 0.2) is 0 Å². The first-order valence-corrected chi connectivity index (χ1v) is 7.25. The Kier molecular flexibility index (Phi) is 3.22. The van der Waals surface area contributed by atoms with Crippen molar-refractivity contribution in [3.05, 3.63) is 51.2 Å². The van der Waals surface area contributed by atoms with E-state index >= 15 is 0 Å². The fourth-order valence-corrected chi connectivity index (χ4v) is 3.23. The molecule has 3 rings (SSSR count). The number of halogens is 2. The molecule has 2 aromatic rings. The zero-order valence-electron chi connectivity index (χ0n) is 9.87. The van der Waals surface area contributed by atoms with Gasteiger partial charge in [0.1, 0.15) is 0 Å². The second-order valence-electron chi connectivity index (χ2n) is 4.68. The fourth-order valence-electron chi connectivity index (χ4n) is 2.62. The zero-order valence-corrected chi connectivity index (χ0v) is 12.2. The van der Waals surface area contributed by atoms with Crippen LogP contribution in [-0.2, 0) is 6.42 Å². The molecular formula is C14H14BrClN2. The van der Waals surface area contributed by atoms with Crippen LogP contribution in [0.15, 0.2) is 34.9 Å². The summed E-state index contributed by atoms with van der Waals surface area (Å²) >= 11 is 9.67. The van der Waals surface area contributed by atoms with Gasteiger partial charge < -0.3 is 10.3 Å². The zero-order chi connectivity index (χ0) is 12.7. The lowest BCUT2D eigenvalue weighted by Gasteiger charge is -2.21. The van der Waals surface area contributed by atoms with E-state index in [0.29, 0.717) is 0 Å². The van der Waals surface area contributed by atoms with Crippen molar-refractivity contribution < 1.29 is 0 Å². The lowest BCUT2D eigenvalue weighted by molar-refractivity contribution is 0.560. The van der Waals surface area contributed by atoms with E-state index in [1.54, 1.807) is 0 Å². The molecule has 0 saturated heterocycles. The molecule has 1 aromatic heterocycles. The largest absolute Gasteiger partial charge is 0.324 e. The molecule has 94 valence electrons. The predicted molar refractivity (Wildman–Crippen MR) is 78.3 cm³/mol. The van der Waals surface area contributed by atoms with Gasteiger partial charge in [-0.1, -0.05) is 11.6 Å². The third-order valence-corrected chi connectivity index (χ3v) is 4.43. The summed E-state index contributed by atoms with van der Waals surface area (Å²) < 4.78 is 3.24. The maximum Gasteiger partial charge on any atom is 0.0609 e. The Bertz CT molecular complexity index is 591. The van der Waals surface area contributed by atoms with Gasteiger partial charge >= 0.3 is 0 Å². The van der Waals surface area contributed by atoms with Crippen molar-refractivity contribution in [2.45, 2.75) is 25.3 Å². The molecular weight excluding hydrogens is 312 g/mol. The van der Waals surface area contributed by atoms with Crippen LogP contribution in [-0.4, -0.2) is 4.57 Å². The van der Waals surface area contributed by atoms with E-state index in [4.69, 9.17) is 17.3 Å². The van der Waals surface area contributed by atoms with Gasteiger partial charge in [0.2, 0.25) is 0 Å². The van der Waals surface area contributed by atoms with Crippen LogP contribution in [0, 0.1) is 0 Å². The molecule has 1 heterocycles. The lowest BCUT2D eigenvalue weighted by Crippen LogP contribution is -2.17. The van der Waals surface area contributed by atoms with Crippen LogP contribution in [0.5, 0.6) is 0 Å². The Balaban J connectivity index is 2.15. The average molecular weight is 326 g/mol. The maximum atomic E-state index is 6.15. The number of benzene rings is 1. The first-order valence-electron chi connectivity index (χ1n) is 6.08. The lowest BCUT2D eigenvalue weighted by atomic mass is 9.93. The van der Waals surface area contributed by atoms with E-state index < -0.39 is 0 Å². The molecule has 2 N–H and O–H groups in total. The van der Waals surface area contributed by atoms with Crippen LogP contribution in [0.25, 0.3) is 5.69 Å². The molecule has 0 bridgehead atoms. The molecule has 2 nitrogen and oxygen atoms in total. The summed E-state index contributed by atoms with van der Waals surface area (Å²) in [6.45, 7) is 0. The van der Waals surface area contributed by atoms with E-state index in [1.807, 2.05) is 18.2 Å². The predicted octanol–water partition coefficient (Wildman–Crippen LogP) is 4.23. The number of hydrogen-bond acceptors (Lipinski definition) is 1. The molecule has 1 aliphatic rings. The standard InChI is InChI=1S/C14H14BrClN2/c15-11-5-4-9(16)8-14(11)18-7-6-10-12(17)2-1-3-13(10)18/h4-8,12H,1-3,17H2. The second-order valence-corrected chi connectivity index (χ2v) is 5.97. The van der Waals surface area contributed by atoms with Crippen molar-refractivity contribution in [3.63, 3.8) is 0 Å². The van der Waals surface area contributed by atoms with Gasteiger partial charge in [-0.25, -0.2) is 0 Å². The van der Waals surface area contributed by atoms with Crippen LogP contribution in [0.4, 0.5) is 0 Å². The van der Waals surface area contributed by atoms with Crippen molar-refractivity contribution in [2.75, 3.05) is 0 Å². The molecule has 1 aromatic carbocycles. The summed E-state index contributed by atoms with van der Waals surface area (Å²) in [4.78, 5) is 0. The van der Waals surface area contributed by atoms with Crippen molar-refractivity contribution in [3.8, 4) is 5.69 Å². The molecule has 1 atom stereocenters. The van der Waals surface area contributed by atoms with Crippen molar-refractivity contribution in [1.82, 2.24) is 4.57 Å². The highest BCUT2D eigenvalue weighted by molar-refractivity contribution is 9.10. The van der Waals surface area contributed by atoms with Gasteiger partial charge in [-0.3, -0.25) is 0 Å². The summed E-state index contributed by atoms with van der Waals surface area (Å²) in [6, 6.07) is 8.15. The Morgan fingerprint density at radius 2 is 2.17 bits per heavy atom. The number of rotatable bonds is 1. The SMILES string of the molecule is NC1CCCc2c1ccn2-c1cc(Cl)ccc1Br. The van der Waals surface area contributed by atoms with Crippen LogP contribution >= 0.6 is 27.5 Å². The van der Waals surface area contributed by atoms with E-state index in [-0.39, 0.29) is 6.04 Å². The third-order valence-electron chi connectivity index (χ3n) is 3.52. The van der Waals surface area contributed by atoms with E-state index in [2.05, 4.69) is 32.8 Å². The van der Waals surface area contributed by atoms with Gasteiger partial charge in [0, 0.05) is 27.4 Å². The van der Waals surface area contributed by atoms with Crippen LogP contribution < -0.4 is 5.73 Å². The summed E-state index contributed by atoms with van der Waals surface area (Å²) in [5, 5.41) is 0.746. The molecule has 0 saturated carbocycles. The van der Waals surface area contributed by atoms with E-state index in [9.17, 15) is 0 Å². The molecule has 0 amide bonds. The quantitative estimate of drug-likeness (QED) is 0.836. The normalized spacial score (nSPS) is 18.7. The van der Waals surface area contributed by atoms with Crippen LogP contribution in [0.1, 0.15) is 30.1 Å². The number of nitrogens with two attached hydrogens (primary N) is 1. The third kappa shape index (κ3) is 2.00. The first kappa shape index (κ1) is 12.3. The van der Waals surface area contributed by atoms with Crippen molar-refractivity contribution in [1.29, 1.82) is 0 Å². The number of fused-ring (bicyclic) bond motifs is 1. The Hall–Kier alpha value is -0.770. The smallest absolute Gasteiger partial charge is 0.0609 e. The maximum absolute atomic E-state index is 6.15. The minimum Gasteiger partial charge on any atom is -0.324 e. The summed E-state index contributed by atoms with van der Waals surface area (Å²) in [6.07, 6.45) is 5.39. The molecule has 0 spiro atoms. The molecule has 18 heavy (non-hydrogen) atoms. The highest BCUT2D eigenvalue weighted by Gasteiger charge is 2.21. The molecule has 4 heteroatoms. The minimum absolute atomic E-state index is 0.174. The second kappa shape index (κ2) is 4.72. The highest BCUT2D eigenvalue weighted by atomic mass is 79.9. The highest BCUT2D eigenvalue weighted by Crippen LogP contribution is 2.33. The van der Waals surface area contributed by atoms with Gasteiger partial charge in [-0.15, -0.1) is 0 Å². The molecule has 0 radical (unpaired) electrons. The van der Waals surface area contributed by atoms with E-state index in [0.717, 1.165) is 34.4 Å². The van der Waals surface area contributed by atoms with E-state index in [1.165, 1.54) is 11.3 Å². The fraction of sp³-hybridized carbons (Fsp3) is 0.286. The number of hydrogen-bond donors (Lipinski definition) is 1. The Labute approximate surface area is 120 Å². The monoisotopic (exact) mass is 324 g/mol. The molecule has 1 unspecified atom stereocenters. The van der Waals surface area contributed by atoms with Crippen molar-refractivity contribution in [2.24, 2.45) is 5.73 Å². The molecule has 1 aliphatic carbocycles. The Morgan fingerprint density at radius 1 is 1.33 bits per heavy atom. The molecule has 0 aliphatic heterocycles. The first-order chi connectivity index (χ1) is 8.66. The number of nitrogens with zero attached hydrogens (tertiary/aromatic N) is 1. The summed E-state index contributed by atoms with van der Waals surface area (Å²) in [5.41, 5.74) is 9.82. The summed E-state index contributed by atoms with van der Waals surface area (Å²) in [5.74, 6) is 0.